The molecule has 3 rings (SSSR count). The van der Waals surface area contributed by atoms with Gasteiger partial charge in [0.1, 0.15) is 10.4 Å². The number of hydrogen-bond donors (Lipinski definition) is 1. The summed E-state index contributed by atoms with van der Waals surface area (Å²) in [6.07, 6.45) is 0. The van der Waals surface area contributed by atoms with Gasteiger partial charge in [-0.1, -0.05) is 27.5 Å². The molecule has 0 spiro atoms. The zero-order valence-corrected chi connectivity index (χ0v) is 14.5. The number of fused-ring (bicyclic) bond motifs is 1. The van der Waals surface area contributed by atoms with Crippen LogP contribution in [-0.4, -0.2) is 13.4 Å². The molecule has 2 aromatic carbocycles. The van der Waals surface area contributed by atoms with E-state index in [2.05, 4.69) is 25.6 Å². The third kappa shape index (κ3) is 2.97. The van der Waals surface area contributed by atoms with E-state index in [-0.39, 0.29) is 9.92 Å². The minimum absolute atomic E-state index is 0.00815. The molecule has 8 heteroatoms. The lowest BCUT2D eigenvalue weighted by Crippen LogP contribution is -2.13. The van der Waals surface area contributed by atoms with Crippen LogP contribution in [0.4, 0.5) is 5.69 Å². The Bertz CT molecular complexity index is 969. The Morgan fingerprint density at radius 2 is 2.00 bits per heavy atom. The van der Waals surface area contributed by atoms with Crippen molar-refractivity contribution in [2.45, 2.75) is 11.8 Å². The number of anilines is 1. The van der Waals surface area contributed by atoms with Crippen LogP contribution in [0.2, 0.25) is 5.02 Å². The predicted octanol–water partition coefficient (Wildman–Crippen LogP) is 4.35. The first kappa shape index (κ1) is 15.3. The molecule has 114 valence electrons. The molecule has 0 saturated heterocycles. The standard InChI is InChI=1S/C14H10BrClN2O3S/c1-8-17-12-7-10(3-4-13(12)21-8)18-22(19,20)14-5-2-9(15)6-11(14)16/h2-7,18H,1H3. The molecule has 3 aromatic rings. The smallest absolute Gasteiger partial charge is 0.263 e. The van der Waals surface area contributed by atoms with Crippen LogP contribution in [0.25, 0.3) is 11.1 Å². The van der Waals surface area contributed by atoms with Crippen LogP contribution in [0.15, 0.2) is 50.2 Å². The van der Waals surface area contributed by atoms with E-state index in [0.717, 1.165) is 0 Å². The maximum Gasteiger partial charge on any atom is 0.263 e. The van der Waals surface area contributed by atoms with Gasteiger partial charge in [0.25, 0.3) is 10.0 Å². The molecule has 1 heterocycles. The number of hydrogen-bond acceptors (Lipinski definition) is 4. The Morgan fingerprint density at radius 1 is 1.23 bits per heavy atom. The summed E-state index contributed by atoms with van der Waals surface area (Å²) in [6, 6.07) is 9.46. The molecule has 0 radical (unpaired) electrons. The first-order valence-corrected chi connectivity index (χ1v) is 8.86. The zero-order chi connectivity index (χ0) is 15.9. The Kier molecular flexibility index (Phi) is 3.88. The second kappa shape index (κ2) is 5.57. The summed E-state index contributed by atoms with van der Waals surface area (Å²) < 4.78 is 33.4. The van der Waals surface area contributed by atoms with Crippen LogP contribution >= 0.6 is 27.5 Å². The number of nitrogens with zero attached hydrogens (tertiary/aromatic N) is 1. The number of benzene rings is 2. The molecule has 0 aliphatic heterocycles. The highest BCUT2D eigenvalue weighted by molar-refractivity contribution is 9.10. The van der Waals surface area contributed by atoms with Gasteiger partial charge in [-0.2, -0.15) is 0 Å². The molecule has 0 bridgehead atoms. The Morgan fingerprint density at radius 3 is 2.73 bits per heavy atom. The maximum absolute atomic E-state index is 12.4. The fraction of sp³-hybridized carbons (Fsp3) is 0.0714. The first-order chi connectivity index (χ1) is 10.3. The van der Waals surface area contributed by atoms with E-state index in [4.69, 9.17) is 16.0 Å². The van der Waals surface area contributed by atoms with Crippen molar-refractivity contribution in [1.82, 2.24) is 4.98 Å². The molecule has 1 aromatic heterocycles. The van der Waals surface area contributed by atoms with Crippen LogP contribution in [0.1, 0.15) is 5.89 Å². The normalized spacial score (nSPS) is 11.8. The number of aryl methyl sites for hydroxylation is 1. The van der Waals surface area contributed by atoms with Crippen molar-refractivity contribution in [3.8, 4) is 0 Å². The third-order valence-electron chi connectivity index (χ3n) is 2.93. The van der Waals surface area contributed by atoms with Crippen LogP contribution in [0, 0.1) is 6.92 Å². The molecule has 0 unspecified atom stereocenters. The van der Waals surface area contributed by atoms with E-state index in [1.54, 1.807) is 31.2 Å². The largest absolute Gasteiger partial charge is 0.441 e. The number of rotatable bonds is 3. The molecular weight excluding hydrogens is 392 g/mol. The number of halogens is 2. The molecule has 0 atom stereocenters. The van der Waals surface area contributed by atoms with Crippen LogP contribution in [-0.2, 0) is 10.0 Å². The molecule has 0 amide bonds. The summed E-state index contributed by atoms with van der Waals surface area (Å²) in [6.45, 7) is 1.73. The molecule has 0 aliphatic carbocycles. The predicted molar refractivity (Wildman–Crippen MR) is 88.7 cm³/mol. The summed E-state index contributed by atoms with van der Waals surface area (Å²) in [5.74, 6) is 0.519. The summed E-state index contributed by atoms with van der Waals surface area (Å²) in [5.41, 5.74) is 1.57. The van der Waals surface area contributed by atoms with Crippen LogP contribution in [0.3, 0.4) is 0 Å². The van der Waals surface area contributed by atoms with Gasteiger partial charge in [0, 0.05) is 11.4 Å². The van der Waals surface area contributed by atoms with Gasteiger partial charge >= 0.3 is 0 Å². The molecule has 5 nitrogen and oxygen atoms in total. The van der Waals surface area contributed by atoms with Gasteiger partial charge < -0.3 is 4.42 Å². The average Bonchev–Trinajstić information content (AvgIpc) is 2.77. The van der Waals surface area contributed by atoms with Gasteiger partial charge in [0.2, 0.25) is 0 Å². The van der Waals surface area contributed by atoms with Crippen molar-refractivity contribution in [2.75, 3.05) is 4.72 Å². The number of oxazole rings is 1. The van der Waals surface area contributed by atoms with Gasteiger partial charge in [0.15, 0.2) is 11.5 Å². The lowest BCUT2D eigenvalue weighted by molar-refractivity contribution is 0.561. The van der Waals surface area contributed by atoms with Gasteiger partial charge in [-0.05, 0) is 36.4 Å². The summed E-state index contributed by atoms with van der Waals surface area (Å²) in [7, 11) is -3.78. The maximum atomic E-state index is 12.4. The SMILES string of the molecule is Cc1nc2cc(NS(=O)(=O)c3ccc(Br)cc3Cl)ccc2o1. The molecule has 0 aliphatic rings. The number of sulfonamides is 1. The van der Waals surface area contributed by atoms with E-state index in [1.807, 2.05) is 0 Å². The summed E-state index contributed by atoms with van der Waals surface area (Å²) in [5, 5.41) is 0.139. The Balaban J connectivity index is 1.98. The van der Waals surface area contributed by atoms with E-state index in [0.29, 0.717) is 27.2 Å². The van der Waals surface area contributed by atoms with Gasteiger partial charge in [-0.15, -0.1) is 0 Å². The molecule has 22 heavy (non-hydrogen) atoms. The van der Waals surface area contributed by atoms with E-state index in [1.165, 1.54) is 12.1 Å². The number of aromatic nitrogens is 1. The number of nitrogens with one attached hydrogen (secondary N) is 1. The molecule has 0 saturated carbocycles. The van der Waals surface area contributed by atoms with E-state index >= 15 is 0 Å². The minimum Gasteiger partial charge on any atom is -0.441 e. The van der Waals surface area contributed by atoms with Crippen molar-refractivity contribution in [3.63, 3.8) is 0 Å². The highest BCUT2D eigenvalue weighted by atomic mass is 79.9. The van der Waals surface area contributed by atoms with Crippen LogP contribution < -0.4 is 4.72 Å². The first-order valence-electron chi connectivity index (χ1n) is 6.20. The summed E-state index contributed by atoms with van der Waals surface area (Å²) in [4.78, 5) is 4.18. The highest BCUT2D eigenvalue weighted by Gasteiger charge is 2.18. The molecular formula is C14H10BrClN2O3S. The lowest BCUT2D eigenvalue weighted by Gasteiger charge is -2.09. The zero-order valence-electron chi connectivity index (χ0n) is 11.3. The summed E-state index contributed by atoms with van der Waals surface area (Å²) >= 11 is 9.24. The molecule has 0 fully saturated rings. The van der Waals surface area contributed by atoms with Crippen molar-refractivity contribution in [2.24, 2.45) is 0 Å². The van der Waals surface area contributed by atoms with Crippen molar-refractivity contribution < 1.29 is 12.8 Å². The fourth-order valence-electron chi connectivity index (χ4n) is 2.01. The van der Waals surface area contributed by atoms with E-state index in [9.17, 15) is 8.42 Å². The Hall–Kier alpha value is -1.57. The average molecular weight is 402 g/mol. The quantitative estimate of drug-likeness (QED) is 0.708. The van der Waals surface area contributed by atoms with Crippen LogP contribution in [0.5, 0.6) is 0 Å². The van der Waals surface area contributed by atoms with Gasteiger partial charge in [-0.3, -0.25) is 4.72 Å². The second-order valence-electron chi connectivity index (χ2n) is 4.60. The molecule has 1 N–H and O–H groups in total. The van der Waals surface area contributed by atoms with Crippen molar-refractivity contribution in [3.05, 3.63) is 51.8 Å². The lowest BCUT2D eigenvalue weighted by atomic mass is 10.3. The topological polar surface area (TPSA) is 72.2 Å². The Labute approximate surface area is 140 Å². The highest BCUT2D eigenvalue weighted by Crippen LogP contribution is 2.28. The third-order valence-corrected chi connectivity index (χ3v) is 5.29. The monoisotopic (exact) mass is 400 g/mol. The van der Waals surface area contributed by atoms with Gasteiger partial charge in [0.05, 0.1) is 10.7 Å². The van der Waals surface area contributed by atoms with E-state index < -0.39 is 10.0 Å². The fourth-order valence-corrected chi connectivity index (χ4v) is 4.10. The second-order valence-corrected chi connectivity index (χ2v) is 7.57. The minimum atomic E-state index is -3.78. The van der Waals surface area contributed by atoms with Crippen molar-refractivity contribution >= 4 is 54.3 Å². The van der Waals surface area contributed by atoms with Gasteiger partial charge in [-0.25, -0.2) is 13.4 Å². The van der Waals surface area contributed by atoms with Crippen molar-refractivity contribution in [1.29, 1.82) is 0 Å².